The summed E-state index contributed by atoms with van der Waals surface area (Å²) in [5, 5.41) is 11.7. The number of likely N-dealkylation sites (N-methyl/N-ethyl adjacent to an activating group) is 1. The van der Waals surface area contributed by atoms with Gasteiger partial charge in [0.2, 0.25) is 0 Å². The number of quaternary nitrogens is 1. The predicted molar refractivity (Wildman–Crippen MR) is 259 cm³/mol. The predicted octanol–water partition coefficient (Wildman–Crippen LogP) is 13.0. The van der Waals surface area contributed by atoms with Crippen molar-refractivity contribution >= 4 is 17.9 Å². The Bertz CT molecular complexity index is 1240. The summed E-state index contributed by atoms with van der Waals surface area (Å²) < 4.78 is 17.2. The number of hydrogen-bond acceptors (Lipinski definition) is 7. The first-order valence-corrected chi connectivity index (χ1v) is 25.0. The SMILES string of the molecule is CCC/C=C/C=C/C=C/C=C/C=C/CCCCCCCC(=O)OCC(COCCC(C(=O)[O-])[N+](C)(C)C)OC(=O)CCCCCCCCC/C=C/CCCCCCCCCCC. The first-order valence-electron chi connectivity index (χ1n) is 25.0. The Morgan fingerprint density at radius 1 is 0.484 bits per heavy atom. The van der Waals surface area contributed by atoms with E-state index in [4.69, 9.17) is 14.2 Å². The van der Waals surface area contributed by atoms with Gasteiger partial charge in [-0.3, -0.25) is 9.59 Å². The molecule has 0 aromatic heterocycles. The molecule has 0 saturated heterocycles. The molecule has 0 aliphatic carbocycles. The molecule has 0 bridgehead atoms. The second kappa shape index (κ2) is 44.4. The summed E-state index contributed by atoms with van der Waals surface area (Å²) in [6.45, 7) is 4.55. The summed E-state index contributed by atoms with van der Waals surface area (Å²) in [5.74, 6) is -1.77. The maximum absolute atomic E-state index is 12.8. The number of hydrogen-bond donors (Lipinski definition) is 0. The van der Waals surface area contributed by atoms with Crippen molar-refractivity contribution in [2.45, 2.75) is 212 Å². The van der Waals surface area contributed by atoms with Crippen LogP contribution in [0.25, 0.3) is 0 Å². The first-order chi connectivity index (χ1) is 30.1. The van der Waals surface area contributed by atoms with Crippen LogP contribution in [0, 0.1) is 0 Å². The maximum atomic E-state index is 12.8. The molecule has 0 aromatic carbocycles. The van der Waals surface area contributed by atoms with E-state index in [2.05, 4.69) is 50.3 Å². The second-order valence-electron chi connectivity index (χ2n) is 17.8. The standard InChI is InChI=1S/C54H93NO7/c1-6-8-10-12-14-16-18-20-22-24-26-27-29-31-33-35-37-39-41-43-45-53(57)62-50(48-60-47-46-51(54(58)59)55(3,4)5)49-61-52(56)44-42-40-38-36-34-32-30-28-25-23-21-19-17-15-13-11-9-7-2/h11,13,15,17,19,21,23,25-28,30,50-51H,6-10,12,14,16,18,20,22,24,29,31-49H2,1-5H3/b13-11+,17-15+,21-19+,25-23+,27-26+,30-28+. The van der Waals surface area contributed by atoms with Gasteiger partial charge in [-0.15, -0.1) is 0 Å². The number of carboxylic acids is 1. The highest BCUT2D eigenvalue weighted by Gasteiger charge is 2.25. The molecule has 62 heavy (non-hydrogen) atoms. The lowest BCUT2D eigenvalue weighted by Gasteiger charge is -2.34. The van der Waals surface area contributed by atoms with Gasteiger partial charge in [0, 0.05) is 19.3 Å². The monoisotopic (exact) mass is 868 g/mol. The van der Waals surface area contributed by atoms with Crippen LogP contribution >= 0.6 is 0 Å². The zero-order valence-corrected chi connectivity index (χ0v) is 40.5. The van der Waals surface area contributed by atoms with E-state index in [0.717, 1.165) is 64.2 Å². The van der Waals surface area contributed by atoms with E-state index in [1.165, 1.54) is 103 Å². The molecule has 0 spiro atoms. The number of allylic oxidation sites excluding steroid dienone is 12. The van der Waals surface area contributed by atoms with Crippen molar-refractivity contribution < 1.29 is 38.2 Å². The van der Waals surface area contributed by atoms with Crippen molar-refractivity contribution in [1.29, 1.82) is 0 Å². The smallest absolute Gasteiger partial charge is 0.306 e. The van der Waals surface area contributed by atoms with Crippen LogP contribution in [-0.4, -0.2) is 75.5 Å². The van der Waals surface area contributed by atoms with E-state index in [1.807, 2.05) is 36.5 Å². The average Bonchev–Trinajstić information content (AvgIpc) is 3.23. The van der Waals surface area contributed by atoms with Gasteiger partial charge < -0.3 is 28.6 Å². The highest BCUT2D eigenvalue weighted by atomic mass is 16.6. The molecule has 2 atom stereocenters. The zero-order valence-electron chi connectivity index (χ0n) is 40.5. The summed E-state index contributed by atoms with van der Waals surface area (Å²) in [6, 6.07) is -0.734. The Morgan fingerprint density at radius 2 is 0.903 bits per heavy atom. The third-order valence-corrected chi connectivity index (χ3v) is 10.9. The third kappa shape index (κ3) is 42.1. The van der Waals surface area contributed by atoms with Crippen LogP contribution < -0.4 is 5.11 Å². The van der Waals surface area contributed by atoms with Gasteiger partial charge in [-0.2, -0.15) is 0 Å². The summed E-state index contributed by atoms with van der Waals surface area (Å²) in [7, 11) is 5.40. The van der Waals surface area contributed by atoms with Crippen molar-refractivity contribution in [3.05, 3.63) is 72.9 Å². The van der Waals surface area contributed by atoms with E-state index in [1.54, 1.807) is 21.1 Å². The molecule has 0 saturated carbocycles. The average molecular weight is 868 g/mol. The number of carbonyl (C=O) groups excluding carboxylic acids is 3. The van der Waals surface area contributed by atoms with Crippen molar-refractivity contribution in [2.75, 3.05) is 41.0 Å². The number of carboxylic acid groups (broad SMARTS) is 1. The van der Waals surface area contributed by atoms with Crippen molar-refractivity contribution in [2.24, 2.45) is 0 Å². The fourth-order valence-corrected chi connectivity index (χ4v) is 7.04. The van der Waals surface area contributed by atoms with Gasteiger partial charge >= 0.3 is 11.9 Å². The van der Waals surface area contributed by atoms with E-state index in [-0.39, 0.29) is 42.7 Å². The minimum Gasteiger partial charge on any atom is -0.544 e. The number of rotatable bonds is 44. The lowest BCUT2D eigenvalue weighted by molar-refractivity contribution is -0.889. The minimum atomic E-state index is -1.13. The Kier molecular flexibility index (Phi) is 42.1. The molecule has 356 valence electrons. The summed E-state index contributed by atoms with van der Waals surface area (Å²) >= 11 is 0. The summed E-state index contributed by atoms with van der Waals surface area (Å²) in [5.41, 5.74) is 0. The second-order valence-corrected chi connectivity index (χ2v) is 17.8. The zero-order chi connectivity index (χ0) is 45.6. The molecule has 8 heteroatoms. The number of esters is 2. The molecule has 0 radical (unpaired) electrons. The van der Waals surface area contributed by atoms with Crippen LogP contribution in [0.2, 0.25) is 0 Å². The van der Waals surface area contributed by atoms with Crippen molar-refractivity contribution in [1.82, 2.24) is 0 Å². The van der Waals surface area contributed by atoms with E-state index < -0.39 is 18.1 Å². The molecular formula is C54H93NO7. The maximum Gasteiger partial charge on any atom is 0.306 e. The Labute approximate surface area is 381 Å². The van der Waals surface area contributed by atoms with Crippen molar-refractivity contribution in [3.63, 3.8) is 0 Å². The molecule has 0 fully saturated rings. The lowest BCUT2D eigenvalue weighted by atomic mass is 10.1. The topological polar surface area (TPSA) is 102 Å². The molecule has 0 amide bonds. The van der Waals surface area contributed by atoms with Gasteiger partial charge in [-0.1, -0.05) is 196 Å². The molecule has 8 nitrogen and oxygen atoms in total. The van der Waals surface area contributed by atoms with Gasteiger partial charge in [-0.05, 0) is 57.8 Å². The van der Waals surface area contributed by atoms with Crippen LogP contribution in [0.5, 0.6) is 0 Å². The highest BCUT2D eigenvalue weighted by Crippen LogP contribution is 2.14. The Morgan fingerprint density at radius 3 is 1.37 bits per heavy atom. The number of aliphatic carboxylic acids is 1. The third-order valence-electron chi connectivity index (χ3n) is 10.9. The molecule has 0 aliphatic heterocycles. The number of carbonyl (C=O) groups is 3. The molecule has 0 N–H and O–H groups in total. The fourth-order valence-electron chi connectivity index (χ4n) is 7.04. The number of nitrogens with zero attached hydrogens (tertiary/aromatic N) is 1. The van der Waals surface area contributed by atoms with Crippen LogP contribution in [0.1, 0.15) is 200 Å². The quantitative estimate of drug-likeness (QED) is 0.0198. The van der Waals surface area contributed by atoms with Gasteiger partial charge in [0.25, 0.3) is 0 Å². The van der Waals surface area contributed by atoms with E-state index in [0.29, 0.717) is 12.8 Å². The van der Waals surface area contributed by atoms with Crippen molar-refractivity contribution in [3.8, 4) is 0 Å². The molecular weight excluding hydrogens is 775 g/mol. The van der Waals surface area contributed by atoms with Crippen LogP contribution in [0.4, 0.5) is 0 Å². The normalized spacial score (nSPS) is 13.5. The molecule has 2 unspecified atom stereocenters. The van der Waals surface area contributed by atoms with Crippen LogP contribution in [0.15, 0.2) is 72.9 Å². The highest BCUT2D eigenvalue weighted by molar-refractivity contribution is 5.70. The molecule has 0 aromatic rings. The summed E-state index contributed by atoms with van der Waals surface area (Å²) in [6.07, 6.45) is 56.4. The van der Waals surface area contributed by atoms with Gasteiger partial charge in [0.05, 0.1) is 40.3 Å². The number of unbranched alkanes of at least 4 members (excludes halogenated alkanes) is 22. The van der Waals surface area contributed by atoms with Gasteiger partial charge in [0.15, 0.2) is 6.10 Å². The Hall–Kier alpha value is -3.23. The number of ether oxygens (including phenoxy) is 3. The van der Waals surface area contributed by atoms with E-state index in [9.17, 15) is 19.5 Å². The Balaban J connectivity index is 4.33. The lowest BCUT2D eigenvalue weighted by Crippen LogP contribution is -2.55. The molecule has 0 heterocycles. The largest absolute Gasteiger partial charge is 0.544 e. The van der Waals surface area contributed by atoms with Crippen LogP contribution in [-0.2, 0) is 28.6 Å². The summed E-state index contributed by atoms with van der Waals surface area (Å²) in [4.78, 5) is 37.0. The van der Waals surface area contributed by atoms with Gasteiger partial charge in [0.1, 0.15) is 12.6 Å². The molecule has 0 aliphatic rings. The molecule has 0 rings (SSSR count). The minimum absolute atomic E-state index is 0.0274. The van der Waals surface area contributed by atoms with Crippen LogP contribution in [0.3, 0.4) is 0 Å². The fraction of sp³-hybridized carbons (Fsp3) is 0.722. The van der Waals surface area contributed by atoms with Gasteiger partial charge in [-0.25, -0.2) is 0 Å². The van der Waals surface area contributed by atoms with E-state index >= 15 is 0 Å². The first kappa shape index (κ1) is 58.8.